The molecule has 1 fully saturated rings. The summed E-state index contributed by atoms with van der Waals surface area (Å²) < 4.78 is 33.0. The van der Waals surface area contributed by atoms with E-state index in [1.165, 1.54) is 41.3 Å². The molecule has 6 heteroatoms. The van der Waals surface area contributed by atoms with Crippen LogP contribution in [0, 0.1) is 17.6 Å². The average Bonchev–Trinajstić information content (AvgIpc) is 3.01. The predicted molar refractivity (Wildman–Crippen MR) is 83.1 cm³/mol. The summed E-state index contributed by atoms with van der Waals surface area (Å²) in [5, 5.41) is 0. The second-order valence-corrected chi connectivity index (χ2v) is 5.55. The Balaban J connectivity index is 1.95. The first-order chi connectivity index (χ1) is 11.6. The lowest BCUT2D eigenvalue weighted by Crippen LogP contribution is -2.37. The van der Waals surface area contributed by atoms with Crippen LogP contribution in [0.4, 0.5) is 14.5 Å². The summed E-state index contributed by atoms with van der Waals surface area (Å²) >= 11 is 0. The SMILES string of the molecule is O=C1CC(C(=O)N(Cc2ccccc2F)c2ccccc2F)CO1. The van der Waals surface area contributed by atoms with E-state index < -0.39 is 29.4 Å². The Kier molecular flexibility index (Phi) is 4.55. The maximum atomic E-state index is 14.2. The maximum absolute atomic E-state index is 14.2. The van der Waals surface area contributed by atoms with Gasteiger partial charge in [-0.05, 0) is 18.2 Å². The molecule has 1 amide bonds. The second kappa shape index (κ2) is 6.78. The number of para-hydroxylation sites is 1. The highest BCUT2D eigenvalue weighted by Gasteiger charge is 2.34. The van der Waals surface area contributed by atoms with Crippen LogP contribution < -0.4 is 4.90 Å². The first kappa shape index (κ1) is 16.1. The summed E-state index contributed by atoms with van der Waals surface area (Å²) in [6.45, 7) is -0.170. The number of cyclic esters (lactones) is 1. The van der Waals surface area contributed by atoms with Crippen LogP contribution >= 0.6 is 0 Å². The van der Waals surface area contributed by atoms with Gasteiger partial charge in [-0.25, -0.2) is 8.78 Å². The number of hydrogen-bond acceptors (Lipinski definition) is 3. The van der Waals surface area contributed by atoms with Crippen LogP contribution in [0.25, 0.3) is 0 Å². The van der Waals surface area contributed by atoms with Crippen LogP contribution in [0.15, 0.2) is 48.5 Å². The molecule has 1 aliphatic rings. The van der Waals surface area contributed by atoms with Crippen LogP contribution in [-0.4, -0.2) is 18.5 Å². The zero-order valence-electron chi connectivity index (χ0n) is 12.7. The van der Waals surface area contributed by atoms with Crippen molar-refractivity contribution in [1.29, 1.82) is 0 Å². The third-order valence-electron chi connectivity index (χ3n) is 3.90. The van der Waals surface area contributed by atoms with Crippen molar-refractivity contribution in [2.24, 2.45) is 5.92 Å². The molecule has 0 saturated carbocycles. The zero-order valence-corrected chi connectivity index (χ0v) is 12.7. The van der Waals surface area contributed by atoms with Gasteiger partial charge in [0.15, 0.2) is 0 Å². The van der Waals surface area contributed by atoms with Crippen molar-refractivity contribution in [3.63, 3.8) is 0 Å². The van der Waals surface area contributed by atoms with Gasteiger partial charge in [-0.15, -0.1) is 0 Å². The maximum Gasteiger partial charge on any atom is 0.306 e. The highest BCUT2D eigenvalue weighted by atomic mass is 19.1. The van der Waals surface area contributed by atoms with Crippen LogP contribution in [-0.2, 0) is 20.9 Å². The molecule has 124 valence electrons. The molecular weight excluding hydrogens is 316 g/mol. The van der Waals surface area contributed by atoms with Gasteiger partial charge in [0, 0.05) is 5.56 Å². The molecule has 3 rings (SSSR count). The smallest absolute Gasteiger partial charge is 0.306 e. The molecule has 24 heavy (non-hydrogen) atoms. The van der Waals surface area contributed by atoms with Gasteiger partial charge < -0.3 is 9.64 Å². The van der Waals surface area contributed by atoms with Gasteiger partial charge >= 0.3 is 5.97 Å². The van der Waals surface area contributed by atoms with Crippen LogP contribution in [0.1, 0.15) is 12.0 Å². The highest BCUT2D eigenvalue weighted by molar-refractivity contribution is 5.97. The molecule has 0 bridgehead atoms. The number of hydrogen-bond donors (Lipinski definition) is 0. The number of amides is 1. The summed E-state index contributed by atoms with van der Waals surface area (Å²) in [4.78, 5) is 25.2. The van der Waals surface area contributed by atoms with Gasteiger partial charge in [-0.3, -0.25) is 9.59 Å². The average molecular weight is 331 g/mol. The summed E-state index contributed by atoms with van der Waals surface area (Å²) in [5.74, 6) is -2.69. The van der Waals surface area contributed by atoms with Crippen LogP contribution in [0.3, 0.4) is 0 Å². The Morgan fingerprint density at radius 1 is 1.08 bits per heavy atom. The second-order valence-electron chi connectivity index (χ2n) is 5.55. The molecule has 1 saturated heterocycles. The number of nitrogens with zero attached hydrogens (tertiary/aromatic N) is 1. The van der Waals surface area contributed by atoms with E-state index in [2.05, 4.69) is 0 Å². The zero-order chi connectivity index (χ0) is 17.1. The van der Waals surface area contributed by atoms with Crippen molar-refractivity contribution in [3.8, 4) is 0 Å². The molecule has 0 spiro atoms. The van der Waals surface area contributed by atoms with E-state index >= 15 is 0 Å². The number of anilines is 1. The Bertz CT molecular complexity index is 778. The largest absolute Gasteiger partial charge is 0.465 e. The molecular formula is C18H15F2NO3. The standard InChI is InChI=1S/C18H15F2NO3/c19-14-6-2-1-5-12(14)10-21(16-8-4-3-7-15(16)20)18(23)13-9-17(22)24-11-13/h1-8,13H,9-11H2. The van der Waals surface area contributed by atoms with E-state index in [4.69, 9.17) is 4.74 Å². The lowest BCUT2D eigenvalue weighted by Gasteiger charge is -2.25. The molecule has 0 radical (unpaired) electrons. The van der Waals surface area contributed by atoms with E-state index in [0.717, 1.165) is 0 Å². The first-order valence-electron chi connectivity index (χ1n) is 7.51. The molecule has 0 aliphatic carbocycles. The fraction of sp³-hybridized carbons (Fsp3) is 0.222. The molecule has 2 aromatic rings. The fourth-order valence-electron chi connectivity index (χ4n) is 2.64. The highest BCUT2D eigenvalue weighted by Crippen LogP contribution is 2.26. The minimum absolute atomic E-state index is 0.0418. The third kappa shape index (κ3) is 3.27. The Morgan fingerprint density at radius 2 is 1.75 bits per heavy atom. The summed E-state index contributed by atoms with van der Waals surface area (Å²) in [6.07, 6.45) is -0.0545. The number of ether oxygens (including phenoxy) is 1. The minimum atomic E-state index is -0.691. The van der Waals surface area contributed by atoms with E-state index in [9.17, 15) is 18.4 Å². The van der Waals surface area contributed by atoms with Crippen molar-refractivity contribution < 1.29 is 23.1 Å². The van der Waals surface area contributed by atoms with Crippen molar-refractivity contribution in [2.75, 3.05) is 11.5 Å². The molecule has 1 atom stereocenters. The monoisotopic (exact) mass is 331 g/mol. The van der Waals surface area contributed by atoms with Crippen molar-refractivity contribution in [2.45, 2.75) is 13.0 Å². The molecule has 1 aliphatic heterocycles. The van der Waals surface area contributed by atoms with Gasteiger partial charge in [-0.2, -0.15) is 0 Å². The van der Waals surface area contributed by atoms with E-state index in [1.54, 1.807) is 12.1 Å². The fourth-order valence-corrected chi connectivity index (χ4v) is 2.64. The molecule has 0 aromatic heterocycles. The van der Waals surface area contributed by atoms with Gasteiger partial charge in [-0.1, -0.05) is 30.3 Å². The summed E-state index contributed by atoms with van der Waals surface area (Å²) in [5.41, 5.74) is 0.310. The lowest BCUT2D eigenvalue weighted by atomic mass is 10.1. The van der Waals surface area contributed by atoms with Crippen molar-refractivity contribution in [1.82, 2.24) is 0 Å². The van der Waals surface area contributed by atoms with E-state index in [-0.39, 0.29) is 30.8 Å². The number of carbonyl (C=O) groups is 2. The summed E-state index contributed by atoms with van der Waals surface area (Å²) in [7, 11) is 0. The predicted octanol–water partition coefficient (Wildman–Crippen LogP) is 3.06. The van der Waals surface area contributed by atoms with Gasteiger partial charge in [0.2, 0.25) is 5.91 Å². The number of carbonyl (C=O) groups excluding carboxylic acids is 2. The Labute approximate surface area is 137 Å². The van der Waals surface area contributed by atoms with Crippen molar-refractivity contribution in [3.05, 3.63) is 65.7 Å². The molecule has 4 nitrogen and oxygen atoms in total. The van der Waals surface area contributed by atoms with E-state index in [1.807, 2.05) is 0 Å². The topological polar surface area (TPSA) is 46.6 Å². The third-order valence-corrected chi connectivity index (χ3v) is 3.90. The number of benzene rings is 2. The number of esters is 1. The Hall–Kier alpha value is -2.76. The molecule has 0 N–H and O–H groups in total. The van der Waals surface area contributed by atoms with Crippen LogP contribution in [0.5, 0.6) is 0 Å². The first-order valence-corrected chi connectivity index (χ1v) is 7.51. The normalized spacial score (nSPS) is 16.8. The van der Waals surface area contributed by atoms with E-state index in [0.29, 0.717) is 0 Å². The number of rotatable bonds is 4. The quantitative estimate of drug-likeness (QED) is 0.809. The van der Waals surface area contributed by atoms with Gasteiger partial charge in [0.05, 0.1) is 24.6 Å². The minimum Gasteiger partial charge on any atom is -0.465 e. The Morgan fingerprint density at radius 3 is 2.38 bits per heavy atom. The molecule has 1 unspecified atom stereocenters. The number of halogens is 2. The van der Waals surface area contributed by atoms with Gasteiger partial charge in [0.25, 0.3) is 0 Å². The molecule has 2 aromatic carbocycles. The lowest BCUT2D eigenvalue weighted by molar-refractivity contribution is -0.137. The van der Waals surface area contributed by atoms with Crippen molar-refractivity contribution >= 4 is 17.6 Å². The summed E-state index contributed by atoms with van der Waals surface area (Å²) in [6, 6.07) is 11.8. The molecule has 1 heterocycles. The van der Waals surface area contributed by atoms with Crippen LogP contribution in [0.2, 0.25) is 0 Å². The van der Waals surface area contributed by atoms with Gasteiger partial charge in [0.1, 0.15) is 18.2 Å².